The minimum absolute atomic E-state index is 0.798. The predicted molar refractivity (Wildman–Crippen MR) is 54.2 cm³/mol. The largest absolute Gasteiger partial charge is 0.493 e. The van der Waals surface area contributed by atoms with Gasteiger partial charge in [-0.1, -0.05) is 0 Å². The van der Waals surface area contributed by atoms with E-state index >= 15 is 0 Å². The first kappa shape index (κ1) is 8.23. The van der Waals surface area contributed by atoms with Crippen LogP contribution in [0.4, 0.5) is 11.4 Å². The molecule has 13 heavy (non-hydrogen) atoms. The molecular formula is C10H14N2O. The molecule has 3 N–H and O–H groups in total. The molecule has 70 valence electrons. The number of benzene rings is 1. The van der Waals surface area contributed by atoms with Crippen molar-refractivity contribution in [2.24, 2.45) is 0 Å². The molecule has 0 radical (unpaired) electrons. The van der Waals surface area contributed by atoms with Gasteiger partial charge in [0.05, 0.1) is 18.0 Å². The highest BCUT2D eigenvalue weighted by Gasteiger charge is 2.12. The fourth-order valence-corrected chi connectivity index (χ4v) is 1.63. The van der Waals surface area contributed by atoms with Crippen LogP contribution in [0.1, 0.15) is 12.0 Å². The van der Waals surface area contributed by atoms with Crippen LogP contribution in [0.25, 0.3) is 0 Å². The fourth-order valence-electron chi connectivity index (χ4n) is 1.63. The van der Waals surface area contributed by atoms with Crippen molar-refractivity contribution in [2.75, 3.05) is 24.7 Å². The van der Waals surface area contributed by atoms with E-state index in [9.17, 15) is 0 Å². The minimum atomic E-state index is 0.798. The maximum Gasteiger partial charge on any atom is 0.124 e. The molecule has 1 aromatic carbocycles. The lowest BCUT2D eigenvalue weighted by Gasteiger charge is -2.19. The van der Waals surface area contributed by atoms with Crippen LogP contribution in [-0.2, 0) is 6.42 Å². The summed E-state index contributed by atoms with van der Waals surface area (Å²) in [6.45, 7) is 0.820. The van der Waals surface area contributed by atoms with Crippen molar-refractivity contribution < 1.29 is 4.74 Å². The second-order valence-corrected chi connectivity index (χ2v) is 3.25. The molecule has 0 bridgehead atoms. The van der Waals surface area contributed by atoms with Crippen molar-refractivity contribution in [3.05, 3.63) is 17.7 Å². The zero-order valence-corrected chi connectivity index (χ0v) is 7.76. The van der Waals surface area contributed by atoms with Crippen molar-refractivity contribution in [1.29, 1.82) is 0 Å². The minimum Gasteiger partial charge on any atom is -0.493 e. The monoisotopic (exact) mass is 178 g/mol. The molecule has 3 nitrogen and oxygen atoms in total. The number of anilines is 2. The average Bonchev–Trinajstić information content (AvgIpc) is 2.17. The Balaban J connectivity index is 2.44. The molecule has 0 amide bonds. The highest BCUT2D eigenvalue weighted by atomic mass is 16.5. The van der Waals surface area contributed by atoms with E-state index in [-0.39, 0.29) is 0 Å². The summed E-state index contributed by atoms with van der Waals surface area (Å²) in [5, 5.41) is 3.04. The number of nitrogen functional groups attached to an aromatic ring is 1. The van der Waals surface area contributed by atoms with E-state index in [1.54, 1.807) is 0 Å². The molecule has 1 aromatic rings. The van der Waals surface area contributed by atoms with E-state index < -0.39 is 0 Å². The van der Waals surface area contributed by atoms with Gasteiger partial charge in [-0.15, -0.1) is 0 Å². The molecule has 0 saturated heterocycles. The van der Waals surface area contributed by atoms with E-state index in [2.05, 4.69) is 5.32 Å². The highest BCUT2D eigenvalue weighted by molar-refractivity contribution is 5.70. The number of nitrogens with two attached hydrogens (primary N) is 1. The lowest BCUT2D eigenvalue weighted by atomic mass is 10.0. The Bertz CT molecular complexity index is 323. The molecule has 0 unspecified atom stereocenters. The highest BCUT2D eigenvalue weighted by Crippen LogP contribution is 2.32. The summed E-state index contributed by atoms with van der Waals surface area (Å²) >= 11 is 0. The van der Waals surface area contributed by atoms with Crippen LogP contribution < -0.4 is 15.8 Å². The van der Waals surface area contributed by atoms with Gasteiger partial charge in [0.15, 0.2) is 0 Å². The molecule has 0 aromatic heterocycles. The first-order valence-corrected chi connectivity index (χ1v) is 4.54. The Morgan fingerprint density at radius 1 is 1.46 bits per heavy atom. The Labute approximate surface area is 77.9 Å². The molecule has 1 aliphatic heterocycles. The Morgan fingerprint density at radius 3 is 3.08 bits per heavy atom. The molecule has 0 aliphatic carbocycles. The summed E-state index contributed by atoms with van der Waals surface area (Å²) in [5.74, 6) is 0.977. The number of ether oxygens (including phenoxy) is 1. The Morgan fingerprint density at radius 2 is 2.31 bits per heavy atom. The average molecular weight is 178 g/mol. The molecule has 0 fully saturated rings. The first-order valence-electron chi connectivity index (χ1n) is 4.54. The predicted octanol–water partition coefficient (Wildman–Crippen LogP) is 1.64. The molecule has 0 atom stereocenters. The molecule has 1 aliphatic rings. The van der Waals surface area contributed by atoms with Gasteiger partial charge in [0.2, 0.25) is 0 Å². The van der Waals surface area contributed by atoms with Crippen LogP contribution in [0, 0.1) is 0 Å². The third-order valence-corrected chi connectivity index (χ3v) is 2.35. The van der Waals surface area contributed by atoms with Gasteiger partial charge in [0, 0.05) is 13.1 Å². The van der Waals surface area contributed by atoms with Crippen LogP contribution in [0.5, 0.6) is 5.75 Å². The number of fused-ring (bicyclic) bond motifs is 1. The standard InChI is InChI=1S/C10H14N2O/c1-12-9-6-10-7(5-8(9)11)3-2-4-13-10/h5-6,12H,2-4,11H2,1H3. The smallest absolute Gasteiger partial charge is 0.124 e. The van der Waals surface area contributed by atoms with E-state index in [4.69, 9.17) is 10.5 Å². The van der Waals surface area contributed by atoms with Crippen molar-refractivity contribution in [3.8, 4) is 5.75 Å². The van der Waals surface area contributed by atoms with Crippen LogP contribution in [0.2, 0.25) is 0 Å². The van der Waals surface area contributed by atoms with Gasteiger partial charge >= 0.3 is 0 Å². The number of aryl methyl sites for hydroxylation is 1. The normalized spacial score (nSPS) is 14.5. The van der Waals surface area contributed by atoms with Crippen molar-refractivity contribution in [1.82, 2.24) is 0 Å². The summed E-state index contributed by atoms with van der Waals surface area (Å²) in [6, 6.07) is 3.98. The van der Waals surface area contributed by atoms with Crippen LogP contribution in [0.3, 0.4) is 0 Å². The fraction of sp³-hybridized carbons (Fsp3) is 0.400. The van der Waals surface area contributed by atoms with Crippen molar-refractivity contribution >= 4 is 11.4 Å². The quantitative estimate of drug-likeness (QED) is 0.642. The summed E-state index contributed by atoms with van der Waals surface area (Å²) in [7, 11) is 1.86. The lowest BCUT2D eigenvalue weighted by molar-refractivity contribution is 0.288. The number of hydrogen-bond donors (Lipinski definition) is 2. The third-order valence-electron chi connectivity index (χ3n) is 2.35. The zero-order valence-electron chi connectivity index (χ0n) is 7.76. The molecule has 1 heterocycles. The van der Waals surface area contributed by atoms with Crippen LogP contribution >= 0.6 is 0 Å². The maximum atomic E-state index is 5.84. The summed E-state index contributed by atoms with van der Waals surface area (Å²) < 4.78 is 5.53. The first-order chi connectivity index (χ1) is 6.31. The van der Waals surface area contributed by atoms with Gasteiger partial charge in [-0.25, -0.2) is 0 Å². The van der Waals surface area contributed by atoms with E-state index in [1.807, 2.05) is 19.2 Å². The third kappa shape index (κ3) is 1.41. The number of nitrogens with one attached hydrogen (secondary N) is 1. The van der Waals surface area contributed by atoms with Gasteiger partial charge < -0.3 is 15.8 Å². The summed E-state index contributed by atoms with van der Waals surface area (Å²) in [5.41, 5.74) is 8.80. The number of rotatable bonds is 1. The van der Waals surface area contributed by atoms with Gasteiger partial charge in [-0.05, 0) is 24.5 Å². The van der Waals surface area contributed by atoms with Crippen molar-refractivity contribution in [2.45, 2.75) is 12.8 Å². The van der Waals surface area contributed by atoms with Crippen LogP contribution in [-0.4, -0.2) is 13.7 Å². The molecule has 0 spiro atoms. The molecular weight excluding hydrogens is 164 g/mol. The van der Waals surface area contributed by atoms with Crippen molar-refractivity contribution in [3.63, 3.8) is 0 Å². The van der Waals surface area contributed by atoms with Gasteiger partial charge in [0.1, 0.15) is 5.75 Å². The van der Waals surface area contributed by atoms with Gasteiger partial charge in [0.25, 0.3) is 0 Å². The van der Waals surface area contributed by atoms with E-state index in [1.165, 1.54) is 5.56 Å². The van der Waals surface area contributed by atoms with Gasteiger partial charge in [-0.2, -0.15) is 0 Å². The lowest BCUT2D eigenvalue weighted by Crippen LogP contribution is -2.09. The Hall–Kier alpha value is -1.38. The van der Waals surface area contributed by atoms with Gasteiger partial charge in [-0.3, -0.25) is 0 Å². The molecule has 0 saturated carbocycles. The zero-order chi connectivity index (χ0) is 9.26. The topological polar surface area (TPSA) is 47.3 Å². The Kier molecular flexibility index (Phi) is 2.00. The molecule has 2 rings (SSSR count). The van der Waals surface area contributed by atoms with E-state index in [0.717, 1.165) is 36.6 Å². The summed E-state index contributed by atoms with van der Waals surface area (Å²) in [6.07, 6.45) is 2.16. The number of hydrogen-bond acceptors (Lipinski definition) is 3. The van der Waals surface area contributed by atoms with Crippen LogP contribution in [0.15, 0.2) is 12.1 Å². The molecule has 3 heteroatoms. The summed E-state index contributed by atoms with van der Waals surface area (Å²) in [4.78, 5) is 0. The second-order valence-electron chi connectivity index (χ2n) is 3.25. The van der Waals surface area contributed by atoms with E-state index in [0.29, 0.717) is 0 Å². The SMILES string of the molecule is CNc1cc2c(cc1N)CCCO2. The maximum absolute atomic E-state index is 5.84. The second kappa shape index (κ2) is 3.17.